The van der Waals surface area contributed by atoms with Gasteiger partial charge in [0, 0.05) is 25.9 Å². The number of nitrogens with one attached hydrogen (secondary N) is 1. The molecule has 0 radical (unpaired) electrons. The van der Waals surface area contributed by atoms with E-state index in [2.05, 4.69) is 20.4 Å². The molecule has 16 heavy (non-hydrogen) atoms. The summed E-state index contributed by atoms with van der Waals surface area (Å²) in [5, 5.41) is 8.75. The quantitative estimate of drug-likeness (QED) is 0.734. The third kappa shape index (κ3) is 2.16. The standard InChI is InChI=1S/C10H13N5O/c1-7-5-9(14-15(7)2)13-10(16)8-6-11-3-4-12-8/h3-4,6-7H,5H2,1-2H3,(H,13,14,16)/t7-/m1/s1. The molecule has 0 saturated heterocycles. The maximum atomic E-state index is 11.7. The zero-order valence-electron chi connectivity index (χ0n) is 9.21. The second-order valence-corrected chi connectivity index (χ2v) is 3.72. The summed E-state index contributed by atoms with van der Waals surface area (Å²) in [6.45, 7) is 2.05. The summed E-state index contributed by atoms with van der Waals surface area (Å²) in [4.78, 5) is 19.5. The lowest BCUT2D eigenvalue weighted by atomic mass is 10.2. The Balaban J connectivity index is 2.02. The van der Waals surface area contributed by atoms with Gasteiger partial charge in [-0.05, 0) is 6.92 Å². The lowest BCUT2D eigenvalue weighted by molar-refractivity contribution is 0.0971. The average Bonchev–Trinajstić information content (AvgIpc) is 2.59. The second kappa shape index (κ2) is 4.26. The maximum Gasteiger partial charge on any atom is 0.276 e. The first kappa shape index (κ1) is 10.5. The molecule has 6 nitrogen and oxygen atoms in total. The van der Waals surface area contributed by atoms with Crippen LogP contribution >= 0.6 is 0 Å². The molecule has 0 aliphatic carbocycles. The van der Waals surface area contributed by atoms with Crippen molar-refractivity contribution in [1.29, 1.82) is 0 Å². The third-order valence-electron chi connectivity index (χ3n) is 2.46. The minimum atomic E-state index is -0.269. The predicted molar refractivity (Wildman–Crippen MR) is 58.8 cm³/mol. The van der Waals surface area contributed by atoms with Crippen molar-refractivity contribution in [2.75, 3.05) is 7.05 Å². The van der Waals surface area contributed by atoms with Gasteiger partial charge < -0.3 is 5.32 Å². The van der Waals surface area contributed by atoms with Crippen LogP contribution in [0.25, 0.3) is 0 Å². The molecule has 0 fully saturated rings. The molecule has 6 heteroatoms. The largest absolute Gasteiger partial charge is 0.307 e. The smallest absolute Gasteiger partial charge is 0.276 e. The first-order chi connectivity index (χ1) is 7.66. The van der Waals surface area contributed by atoms with E-state index in [0.29, 0.717) is 17.6 Å². The number of amidine groups is 1. The van der Waals surface area contributed by atoms with Crippen molar-refractivity contribution in [2.45, 2.75) is 19.4 Å². The van der Waals surface area contributed by atoms with Crippen LogP contribution in [0.1, 0.15) is 23.8 Å². The lowest BCUT2D eigenvalue weighted by Gasteiger charge is -2.11. The topological polar surface area (TPSA) is 70.5 Å². The molecule has 2 rings (SSSR count). The van der Waals surface area contributed by atoms with Crippen molar-refractivity contribution in [1.82, 2.24) is 20.3 Å². The summed E-state index contributed by atoms with van der Waals surface area (Å²) in [7, 11) is 1.88. The number of amides is 1. The van der Waals surface area contributed by atoms with Gasteiger partial charge in [-0.25, -0.2) is 4.98 Å². The Morgan fingerprint density at radius 1 is 1.56 bits per heavy atom. The molecule has 1 aromatic heterocycles. The van der Waals surface area contributed by atoms with Crippen LogP contribution in [0.4, 0.5) is 0 Å². The first-order valence-corrected chi connectivity index (χ1v) is 5.04. The molecular formula is C10H13N5O. The van der Waals surface area contributed by atoms with Crippen molar-refractivity contribution >= 4 is 11.7 Å². The summed E-state index contributed by atoms with van der Waals surface area (Å²) in [5.74, 6) is 0.403. The SMILES string of the molecule is C[C@@H]1CC(NC(=O)c2cnccn2)=NN1C. The van der Waals surface area contributed by atoms with E-state index in [0.717, 1.165) is 6.42 Å². The molecule has 1 N–H and O–H groups in total. The van der Waals surface area contributed by atoms with Crippen molar-refractivity contribution in [2.24, 2.45) is 5.10 Å². The van der Waals surface area contributed by atoms with Crippen molar-refractivity contribution in [3.63, 3.8) is 0 Å². The van der Waals surface area contributed by atoms with Crippen LogP contribution in [-0.4, -0.2) is 39.8 Å². The molecule has 0 bridgehead atoms. The Morgan fingerprint density at radius 2 is 2.38 bits per heavy atom. The van der Waals surface area contributed by atoms with Gasteiger partial charge in [0.05, 0.1) is 12.2 Å². The number of hydrogen-bond donors (Lipinski definition) is 1. The molecule has 84 valence electrons. The highest BCUT2D eigenvalue weighted by Gasteiger charge is 2.21. The van der Waals surface area contributed by atoms with E-state index >= 15 is 0 Å². The fourth-order valence-electron chi connectivity index (χ4n) is 1.43. The lowest BCUT2D eigenvalue weighted by Crippen LogP contribution is -2.30. The highest BCUT2D eigenvalue weighted by Crippen LogP contribution is 2.10. The first-order valence-electron chi connectivity index (χ1n) is 5.04. The van der Waals surface area contributed by atoms with Gasteiger partial charge in [0.15, 0.2) is 0 Å². The van der Waals surface area contributed by atoms with Gasteiger partial charge in [0.1, 0.15) is 11.5 Å². The molecule has 1 atom stereocenters. The summed E-state index contributed by atoms with van der Waals surface area (Å²) >= 11 is 0. The highest BCUT2D eigenvalue weighted by molar-refractivity contribution is 6.05. The van der Waals surface area contributed by atoms with Crippen LogP contribution in [0.5, 0.6) is 0 Å². The number of carbonyl (C=O) groups is 1. The van der Waals surface area contributed by atoms with Crippen LogP contribution in [0.15, 0.2) is 23.7 Å². The second-order valence-electron chi connectivity index (χ2n) is 3.72. The Labute approximate surface area is 93.4 Å². The number of hydrazone groups is 1. The van der Waals surface area contributed by atoms with Crippen LogP contribution < -0.4 is 5.32 Å². The molecule has 1 aliphatic heterocycles. The molecule has 0 aromatic carbocycles. The van der Waals surface area contributed by atoms with Crippen molar-refractivity contribution in [3.05, 3.63) is 24.3 Å². The van der Waals surface area contributed by atoms with Crippen LogP contribution in [0, 0.1) is 0 Å². The summed E-state index contributed by atoms with van der Waals surface area (Å²) in [5.41, 5.74) is 0.299. The predicted octanol–water partition coefficient (Wildman–Crippen LogP) is 0.244. The van der Waals surface area contributed by atoms with E-state index in [-0.39, 0.29) is 5.91 Å². The van der Waals surface area contributed by atoms with Gasteiger partial charge in [-0.3, -0.25) is 14.8 Å². The molecule has 0 saturated carbocycles. The van der Waals surface area contributed by atoms with Gasteiger partial charge in [-0.1, -0.05) is 0 Å². The highest BCUT2D eigenvalue weighted by atomic mass is 16.2. The van der Waals surface area contributed by atoms with E-state index in [1.807, 2.05) is 19.0 Å². The molecule has 1 aliphatic rings. The minimum absolute atomic E-state index is 0.269. The number of carbonyl (C=O) groups excluding carboxylic acids is 1. The van der Waals surface area contributed by atoms with E-state index in [1.165, 1.54) is 18.6 Å². The third-order valence-corrected chi connectivity index (χ3v) is 2.46. The average molecular weight is 219 g/mol. The van der Waals surface area contributed by atoms with Crippen LogP contribution in [0.3, 0.4) is 0 Å². The Morgan fingerprint density at radius 3 is 2.94 bits per heavy atom. The zero-order chi connectivity index (χ0) is 11.5. The molecular weight excluding hydrogens is 206 g/mol. The Kier molecular flexibility index (Phi) is 2.80. The van der Waals surface area contributed by atoms with Gasteiger partial charge >= 0.3 is 0 Å². The van der Waals surface area contributed by atoms with Crippen molar-refractivity contribution < 1.29 is 4.79 Å². The van der Waals surface area contributed by atoms with E-state index in [4.69, 9.17) is 0 Å². The van der Waals surface area contributed by atoms with E-state index < -0.39 is 0 Å². The fourth-order valence-corrected chi connectivity index (χ4v) is 1.43. The summed E-state index contributed by atoms with van der Waals surface area (Å²) in [6, 6.07) is 0.317. The number of aromatic nitrogens is 2. The molecule has 0 unspecified atom stereocenters. The van der Waals surface area contributed by atoms with Crippen LogP contribution in [0.2, 0.25) is 0 Å². The van der Waals surface area contributed by atoms with Gasteiger partial charge in [-0.15, -0.1) is 0 Å². The van der Waals surface area contributed by atoms with Crippen molar-refractivity contribution in [3.8, 4) is 0 Å². The van der Waals surface area contributed by atoms with E-state index in [1.54, 1.807) is 0 Å². The Hall–Kier alpha value is -1.98. The zero-order valence-corrected chi connectivity index (χ0v) is 9.21. The Bertz CT molecular complexity index is 416. The molecule has 0 spiro atoms. The van der Waals surface area contributed by atoms with Gasteiger partial charge in [-0.2, -0.15) is 5.10 Å². The maximum absolute atomic E-state index is 11.7. The molecule has 1 amide bonds. The minimum Gasteiger partial charge on any atom is -0.307 e. The summed E-state index contributed by atoms with van der Waals surface area (Å²) < 4.78 is 0. The molecule has 2 heterocycles. The number of hydrogen-bond acceptors (Lipinski definition) is 5. The normalized spacial score (nSPS) is 19.5. The van der Waals surface area contributed by atoms with E-state index in [9.17, 15) is 4.79 Å². The van der Waals surface area contributed by atoms with Gasteiger partial charge in [0.25, 0.3) is 5.91 Å². The van der Waals surface area contributed by atoms with Crippen LogP contribution in [-0.2, 0) is 0 Å². The number of rotatable bonds is 1. The summed E-state index contributed by atoms with van der Waals surface area (Å²) in [6.07, 6.45) is 5.18. The molecule has 1 aromatic rings. The van der Waals surface area contributed by atoms with Gasteiger partial charge in [0.2, 0.25) is 0 Å². The fraction of sp³-hybridized carbons (Fsp3) is 0.400. The monoisotopic (exact) mass is 219 g/mol. The number of nitrogens with zero attached hydrogens (tertiary/aromatic N) is 4.